The van der Waals surface area contributed by atoms with Gasteiger partial charge >= 0.3 is 0 Å². The van der Waals surface area contributed by atoms with Crippen molar-refractivity contribution in [2.24, 2.45) is 0 Å². The second kappa shape index (κ2) is 16.1. The first-order chi connectivity index (χ1) is 36.6. The molecule has 0 aliphatic heterocycles. The molecule has 0 unspecified atom stereocenters. The van der Waals surface area contributed by atoms with Crippen molar-refractivity contribution >= 4 is 143 Å². The van der Waals surface area contributed by atoms with Gasteiger partial charge in [0.25, 0.3) is 0 Å². The number of hydrogen-bond donors (Lipinski definition) is 0. The van der Waals surface area contributed by atoms with Gasteiger partial charge in [0.15, 0.2) is 11.2 Å². The molecular formula is C69H50N2O4. The van der Waals surface area contributed by atoms with Crippen LogP contribution in [0.5, 0.6) is 0 Å². The van der Waals surface area contributed by atoms with E-state index >= 15 is 0 Å². The molecule has 0 atom stereocenters. The zero-order valence-corrected chi connectivity index (χ0v) is 42.5. The molecule has 0 fully saturated rings. The SMILES string of the molecule is Cc1cccc(C)c1N(c1ccc2cc3c(cc2c1)oc1c(C(C)C)c2c(cc13)oc1cc3cc(N(c4c(C)cccc4C)c4cccc5c4oc4ccccc45)ccc3cc12)c1cccc2c1oc1ccccc12. The molecule has 0 saturated carbocycles. The largest absolute Gasteiger partial charge is 0.456 e. The van der Waals surface area contributed by atoms with Gasteiger partial charge < -0.3 is 27.5 Å². The maximum atomic E-state index is 7.08. The van der Waals surface area contributed by atoms with Crippen LogP contribution in [0, 0.1) is 27.7 Å². The molecule has 0 amide bonds. The van der Waals surface area contributed by atoms with Crippen LogP contribution in [-0.2, 0) is 0 Å². The summed E-state index contributed by atoms with van der Waals surface area (Å²) in [7, 11) is 0. The summed E-state index contributed by atoms with van der Waals surface area (Å²) < 4.78 is 27.4. The van der Waals surface area contributed by atoms with Gasteiger partial charge in [-0.15, -0.1) is 0 Å². The van der Waals surface area contributed by atoms with E-state index in [2.05, 4.69) is 215 Å². The molecule has 0 saturated heterocycles. The predicted molar refractivity (Wildman–Crippen MR) is 313 cm³/mol. The van der Waals surface area contributed by atoms with E-state index in [1.807, 2.05) is 24.3 Å². The van der Waals surface area contributed by atoms with Crippen LogP contribution in [0.1, 0.15) is 47.6 Å². The third kappa shape index (κ3) is 6.45. The number of rotatable bonds is 7. The molecule has 360 valence electrons. The molecule has 0 aliphatic rings. The van der Waals surface area contributed by atoms with Gasteiger partial charge in [-0.2, -0.15) is 0 Å². The fourth-order valence-corrected chi connectivity index (χ4v) is 12.4. The topological polar surface area (TPSA) is 59.0 Å². The summed E-state index contributed by atoms with van der Waals surface area (Å²) >= 11 is 0. The van der Waals surface area contributed by atoms with E-state index in [4.69, 9.17) is 17.7 Å². The highest BCUT2D eigenvalue weighted by atomic mass is 16.3. The quantitative estimate of drug-likeness (QED) is 0.159. The van der Waals surface area contributed by atoms with E-state index in [-0.39, 0.29) is 5.92 Å². The molecule has 0 radical (unpaired) electrons. The van der Waals surface area contributed by atoms with Crippen molar-refractivity contribution < 1.29 is 17.7 Å². The lowest BCUT2D eigenvalue weighted by atomic mass is 9.93. The number of aryl methyl sites for hydroxylation is 4. The molecule has 15 rings (SSSR count). The highest BCUT2D eigenvalue weighted by Crippen LogP contribution is 2.49. The molecular weight excluding hydrogens is 921 g/mol. The Morgan fingerprint density at radius 1 is 0.320 bits per heavy atom. The number of anilines is 6. The van der Waals surface area contributed by atoms with Crippen LogP contribution >= 0.6 is 0 Å². The molecule has 4 aromatic heterocycles. The first-order valence-electron chi connectivity index (χ1n) is 25.9. The van der Waals surface area contributed by atoms with Crippen LogP contribution in [0.2, 0.25) is 0 Å². The molecule has 75 heavy (non-hydrogen) atoms. The molecule has 6 nitrogen and oxygen atoms in total. The summed E-state index contributed by atoms with van der Waals surface area (Å²) in [5, 5.41) is 13.1. The normalized spacial score (nSPS) is 12.3. The van der Waals surface area contributed by atoms with Crippen molar-refractivity contribution in [1.29, 1.82) is 0 Å². The molecule has 0 aliphatic carbocycles. The van der Waals surface area contributed by atoms with E-state index in [9.17, 15) is 0 Å². The zero-order chi connectivity index (χ0) is 50.4. The van der Waals surface area contributed by atoms with Gasteiger partial charge in [0, 0.05) is 60.0 Å². The highest BCUT2D eigenvalue weighted by molar-refractivity contribution is 6.21. The molecule has 0 spiro atoms. The van der Waals surface area contributed by atoms with Gasteiger partial charge in [0.2, 0.25) is 0 Å². The Bertz CT molecular complexity index is 4660. The van der Waals surface area contributed by atoms with Gasteiger partial charge in [-0.05, 0) is 156 Å². The average molecular weight is 971 g/mol. The second-order valence-electron chi connectivity index (χ2n) is 20.8. The van der Waals surface area contributed by atoms with Crippen LogP contribution in [0.25, 0.3) is 109 Å². The number of nitrogens with zero attached hydrogens (tertiary/aromatic N) is 2. The molecule has 15 aromatic rings. The Morgan fingerprint density at radius 3 is 1.29 bits per heavy atom. The van der Waals surface area contributed by atoms with Crippen LogP contribution in [-0.4, -0.2) is 0 Å². The third-order valence-electron chi connectivity index (χ3n) is 15.8. The summed E-state index contributed by atoms with van der Waals surface area (Å²) in [6, 6.07) is 67.2. The zero-order valence-electron chi connectivity index (χ0n) is 42.5. The van der Waals surface area contributed by atoms with Gasteiger partial charge in [-0.3, -0.25) is 0 Å². The maximum Gasteiger partial charge on any atom is 0.159 e. The van der Waals surface area contributed by atoms with Crippen LogP contribution in [0.4, 0.5) is 34.1 Å². The minimum atomic E-state index is 0.149. The van der Waals surface area contributed by atoms with E-state index < -0.39 is 0 Å². The van der Waals surface area contributed by atoms with Crippen LogP contribution in [0.15, 0.2) is 206 Å². The number of fused-ring (bicyclic) bond motifs is 14. The lowest BCUT2D eigenvalue weighted by Gasteiger charge is -2.29. The number of furan rings is 4. The first kappa shape index (κ1) is 43.3. The Balaban J connectivity index is 0.880. The van der Waals surface area contributed by atoms with Crippen molar-refractivity contribution in [2.45, 2.75) is 47.5 Å². The molecule has 4 heterocycles. The fraction of sp³-hybridized carbons (Fsp3) is 0.101. The maximum absolute atomic E-state index is 7.08. The van der Waals surface area contributed by atoms with Gasteiger partial charge in [-0.25, -0.2) is 0 Å². The molecule has 0 bridgehead atoms. The summed E-state index contributed by atoms with van der Waals surface area (Å²) in [5.74, 6) is 0.149. The lowest BCUT2D eigenvalue weighted by Crippen LogP contribution is -2.13. The number of hydrogen-bond acceptors (Lipinski definition) is 6. The smallest absolute Gasteiger partial charge is 0.159 e. The lowest BCUT2D eigenvalue weighted by molar-refractivity contribution is 0.655. The monoisotopic (exact) mass is 970 g/mol. The molecule has 11 aromatic carbocycles. The average Bonchev–Trinajstić information content (AvgIpc) is 4.24. The minimum absolute atomic E-state index is 0.149. The Hall–Kier alpha value is -9.26. The third-order valence-corrected chi connectivity index (χ3v) is 15.8. The molecule has 0 N–H and O–H groups in total. The van der Waals surface area contributed by atoms with E-state index in [0.29, 0.717) is 0 Å². The van der Waals surface area contributed by atoms with Gasteiger partial charge in [-0.1, -0.05) is 123 Å². The Labute approximate surface area is 432 Å². The minimum Gasteiger partial charge on any atom is -0.456 e. The second-order valence-corrected chi connectivity index (χ2v) is 20.8. The van der Waals surface area contributed by atoms with E-state index in [1.54, 1.807) is 0 Å². The summed E-state index contributed by atoms with van der Waals surface area (Å²) in [5.41, 5.74) is 19.1. The van der Waals surface area contributed by atoms with E-state index in [0.717, 1.165) is 149 Å². The van der Waals surface area contributed by atoms with Crippen molar-refractivity contribution in [3.63, 3.8) is 0 Å². The number of benzene rings is 11. The Morgan fingerprint density at radius 2 is 0.773 bits per heavy atom. The standard InChI is InChI=1S/C69H50N2O4/c1-38(2)63-64-55-34-44-28-30-48(71(66-41(5)17-12-18-42(66)6)57-24-14-22-52-50-20-8-10-26-59(50)74-68(52)57)32-46(44)36-61(55)72-62(64)37-54-53-33-43-27-29-47(31-45(43)35-60(53)75-69(54)63)70(65-39(3)15-11-16-40(65)4)56-23-13-21-51-49-19-7-9-25-58(49)73-67(51)56/h7-38H,1-6H3. The van der Waals surface area contributed by atoms with Crippen LogP contribution in [0.3, 0.4) is 0 Å². The highest BCUT2D eigenvalue weighted by Gasteiger charge is 2.27. The summed E-state index contributed by atoms with van der Waals surface area (Å²) in [6.07, 6.45) is 0. The Kier molecular flexibility index (Phi) is 9.31. The fourth-order valence-electron chi connectivity index (χ4n) is 12.4. The number of para-hydroxylation sites is 6. The van der Waals surface area contributed by atoms with Crippen molar-refractivity contribution in [3.05, 3.63) is 216 Å². The predicted octanol–water partition coefficient (Wildman–Crippen LogP) is 20.9. The van der Waals surface area contributed by atoms with Gasteiger partial charge in [0.1, 0.15) is 33.5 Å². The van der Waals surface area contributed by atoms with Gasteiger partial charge in [0.05, 0.1) is 22.7 Å². The molecule has 6 heteroatoms. The van der Waals surface area contributed by atoms with Crippen molar-refractivity contribution in [2.75, 3.05) is 9.80 Å². The summed E-state index contributed by atoms with van der Waals surface area (Å²) in [6.45, 7) is 13.3. The first-order valence-corrected chi connectivity index (χ1v) is 25.9. The van der Waals surface area contributed by atoms with Crippen molar-refractivity contribution in [3.8, 4) is 0 Å². The van der Waals surface area contributed by atoms with Crippen LogP contribution < -0.4 is 9.80 Å². The van der Waals surface area contributed by atoms with E-state index in [1.165, 1.54) is 22.3 Å². The van der Waals surface area contributed by atoms with Crippen molar-refractivity contribution in [1.82, 2.24) is 0 Å². The summed E-state index contributed by atoms with van der Waals surface area (Å²) in [4.78, 5) is 4.73.